The van der Waals surface area contributed by atoms with Crippen LogP contribution in [0, 0.1) is 17.8 Å². The lowest BCUT2D eigenvalue weighted by atomic mass is 9.54. The molecule has 0 spiro atoms. The largest absolute Gasteiger partial charge is 0.487 e. The number of hydrogen-bond donors (Lipinski definition) is 0. The topological polar surface area (TPSA) is 9.23 Å². The van der Waals surface area contributed by atoms with Crippen LogP contribution in [0.25, 0.3) is 0 Å². The van der Waals surface area contributed by atoms with Gasteiger partial charge in [-0.25, -0.2) is 0 Å². The van der Waals surface area contributed by atoms with E-state index in [1.54, 1.807) is 0 Å². The van der Waals surface area contributed by atoms with Crippen molar-refractivity contribution in [2.75, 3.05) is 0 Å². The van der Waals surface area contributed by atoms with E-state index in [2.05, 4.69) is 38.1 Å². The van der Waals surface area contributed by atoms with E-state index < -0.39 is 0 Å². The highest BCUT2D eigenvalue weighted by Gasteiger charge is 2.52. The molecule has 1 heteroatoms. The van der Waals surface area contributed by atoms with E-state index in [0.717, 1.165) is 23.5 Å². The summed E-state index contributed by atoms with van der Waals surface area (Å²) in [7, 11) is 0. The van der Waals surface area contributed by atoms with Crippen molar-refractivity contribution in [1.29, 1.82) is 0 Å². The summed E-state index contributed by atoms with van der Waals surface area (Å²) in [5, 5.41) is 0. The summed E-state index contributed by atoms with van der Waals surface area (Å²) in [5.74, 6) is 4.61. The molecule has 0 amide bonds. The average molecular weight is 284 g/mol. The van der Waals surface area contributed by atoms with Crippen LogP contribution in [0.4, 0.5) is 0 Å². The van der Waals surface area contributed by atoms with Gasteiger partial charge in [-0.3, -0.25) is 0 Å². The third-order valence-electron chi connectivity index (χ3n) is 6.36. The van der Waals surface area contributed by atoms with Crippen molar-refractivity contribution < 1.29 is 4.74 Å². The maximum absolute atomic E-state index is 6.65. The van der Waals surface area contributed by atoms with E-state index >= 15 is 0 Å². The number of ether oxygens (including phenoxy) is 1. The van der Waals surface area contributed by atoms with Crippen LogP contribution >= 0.6 is 0 Å². The molecular formula is C20H28O. The van der Waals surface area contributed by atoms with E-state index in [1.165, 1.54) is 50.5 Å². The highest BCUT2D eigenvalue weighted by molar-refractivity contribution is 5.31. The van der Waals surface area contributed by atoms with Gasteiger partial charge in [-0.2, -0.15) is 0 Å². The average Bonchev–Trinajstić information content (AvgIpc) is 2.44. The molecule has 4 aliphatic carbocycles. The zero-order valence-electron chi connectivity index (χ0n) is 13.5. The molecule has 0 radical (unpaired) electrons. The first-order chi connectivity index (χ1) is 10.2. The lowest BCUT2D eigenvalue weighted by Gasteiger charge is -2.56. The molecule has 1 nitrogen and oxygen atoms in total. The Morgan fingerprint density at radius 3 is 2.29 bits per heavy atom. The van der Waals surface area contributed by atoms with Gasteiger partial charge in [-0.15, -0.1) is 0 Å². The molecule has 114 valence electrons. The second-order valence-corrected chi connectivity index (χ2v) is 8.08. The van der Waals surface area contributed by atoms with Crippen LogP contribution in [0.15, 0.2) is 24.3 Å². The molecule has 5 rings (SSSR count). The zero-order valence-corrected chi connectivity index (χ0v) is 13.5. The molecule has 0 saturated heterocycles. The summed E-state index contributed by atoms with van der Waals surface area (Å²) in [5.41, 5.74) is 1.61. The van der Waals surface area contributed by atoms with Crippen LogP contribution in [0.5, 0.6) is 5.75 Å². The first-order valence-electron chi connectivity index (χ1n) is 8.95. The fourth-order valence-corrected chi connectivity index (χ4v) is 5.53. The Kier molecular flexibility index (Phi) is 3.28. The van der Waals surface area contributed by atoms with Crippen LogP contribution in [-0.4, -0.2) is 5.60 Å². The van der Waals surface area contributed by atoms with Crippen LogP contribution < -0.4 is 4.74 Å². The van der Waals surface area contributed by atoms with Crippen molar-refractivity contribution in [2.45, 2.75) is 70.3 Å². The highest BCUT2D eigenvalue weighted by atomic mass is 16.5. The molecule has 1 unspecified atom stereocenters. The fraction of sp³-hybridized carbons (Fsp3) is 0.700. The number of benzene rings is 1. The van der Waals surface area contributed by atoms with Gasteiger partial charge in [-0.1, -0.05) is 26.0 Å². The van der Waals surface area contributed by atoms with E-state index in [1.807, 2.05) is 0 Å². The molecule has 4 bridgehead atoms. The minimum Gasteiger partial charge on any atom is -0.487 e. The lowest BCUT2D eigenvalue weighted by Crippen LogP contribution is -2.53. The van der Waals surface area contributed by atoms with Gasteiger partial charge in [-0.05, 0) is 86.3 Å². The van der Waals surface area contributed by atoms with Gasteiger partial charge in [0.1, 0.15) is 11.4 Å². The summed E-state index contributed by atoms with van der Waals surface area (Å²) >= 11 is 0. The summed E-state index contributed by atoms with van der Waals surface area (Å²) in [6, 6.07) is 8.90. The molecule has 4 saturated carbocycles. The first kappa shape index (κ1) is 13.7. The summed E-state index contributed by atoms with van der Waals surface area (Å²) in [6.45, 7) is 4.57. The Labute approximate surface area is 129 Å². The molecule has 0 aromatic heterocycles. The summed E-state index contributed by atoms with van der Waals surface area (Å²) in [6.07, 6.45) is 9.58. The lowest BCUT2D eigenvalue weighted by molar-refractivity contribution is -0.107. The molecule has 1 aromatic carbocycles. The van der Waals surface area contributed by atoms with Crippen LogP contribution in [0.2, 0.25) is 0 Å². The van der Waals surface area contributed by atoms with E-state index in [-0.39, 0.29) is 5.60 Å². The minimum atomic E-state index is 0.183. The van der Waals surface area contributed by atoms with Crippen molar-refractivity contribution in [1.82, 2.24) is 0 Å². The molecule has 1 aromatic rings. The Morgan fingerprint density at radius 2 is 1.71 bits per heavy atom. The SMILES string of the molecule is CCC(C)c1cccc(OC23CC4CC(CC(C4)C2)C3)c1. The Morgan fingerprint density at radius 1 is 1.10 bits per heavy atom. The molecular weight excluding hydrogens is 256 g/mol. The van der Waals surface area contributed by atoms with Crippen molar-refractivity contribution in [3.8, 4) is 5.75 Å². The number of hydrogen-bond acceptors (Lipinski definition) is 1. The molecule has 4 aliphatic rings. The summed E-state index contributed by atoms with van der Waals surface area (Å²) < 4.78 is 6.65. The third-order valence-corrected chi connectivity index (χ3v) is 6.36. The third kappa shape index (κ3) is 2.49. The van der Waals surface area contributed by atoms with Crippen molar-refractivity contribution in [2.24, 2.45) is 17.8 Å². The van der Waals surface area contributed by atoms with Gasteiger partial charge in [0, 0.05) is 0 Å². The van der Waals surface area contributed by atoms with Gasteiger partial charge >= 0.3 is 0 Å². The van der Waals surface area contributed by atoms with Gasteiger partial charge in [0.25, 0.3) is 0 Å². The first-order valence-corrected chi connectivity index (χ1v) is 8.95. The van der Waals surface area contributed by atoms with Gasteiger partial charge < -0.3 is 4.74 Å². The quantitative estimate of drug-likeness (QED) is 0.704. The second kappa shape index (κ2) is 5.04. The monoisotopic (exact) mass is 284 g/mol. The second-order valence-electron chi connectivity index (χ2n) is 8.08. The molecule has 0 N–H and O–H groups in total. The maximum Gasteiger partial charge on any atom is 0.120 e. The Balaban J connectivity index is 1.56. The standard InChI is InChI=1S/C20H28O/c1-3-14(2)18-5-4-6-19(10-18)21-20-11-15-7-16(12-20)9-17(8-15)13-20/h4-6,10,14-17H,3,7-9,11-13H2,1-2H3. The Bertz CT molecular complexity index is 483. The van der Waals surface area contributed by atoms with Crippen molar-refractivity contribution >= 4 is 0 Å². The van der Waals surface area contributed by atoms with Crippen LogP contribution in [0.1, 0.15) is 70.3 Å². The van der Waals surface area contributed by atoms with Crippen LogP contribution in [-0.2, 0) is 0 Å². The fourth-order valence-electron chi connectivity index (χ4n) is 5.53. The van der Waals surface area contributed by atoms with E-state index in [0.29, 0.717) is 5.92 Å². The van der Waals surface area contributed by atoms with Gasteiger partial charge in [0.2, 0.25) is 0 Å². The minimum absolute atomic E-state index is 0.183. The van der Waals surface area contributed by atoms with Crippen molar-refractivity contribution in [3.05, 3.63) is 29.8 Å². The van der Waals surface area contributed by atoms with E-state index in [9.17, 15) is 0 Å². The Hall–Kier alpha value is -0.980. The predicted molar refractivity (Wildman–Crippen MR) is 86.7 cm³/mol. The number of rotatable bonds is 4. The van der Waals surface area contributed by atoms with Gasteiger partial charge in [0.05, 0.1) is 0 Å². The molecule has 4 fully saturated rings. The van der Waals surface area contributed by atoms with Crippen LogP contribution in [0.3, 0.4) is 0 Å². The normalized spacial score (nSPS) is 38.5. The van der Waals surface area contributed by atoms with E-state index in [4.69, 9.17) is 4.74 Å². The summed E-state index contributed by atoms with van der Waals surface area (Å²) in [4.78, 5) is 0. The molecule has 1 atom stereocenters. The zero-order chi connectivity index (χ0) is 14.4. The highest BCUT2D eigenvalue weighted by Crippen LogP contribution is 2.57. The maximum atomic E-state index is 6.65. The molecule has 0 aliphatic heterocycles. The molecule has 0 heterocycles. The predicted octanol–water partition coefficient (Wildman–Crippen LogP) is 5.55. The molecule has 21 heavy (non-hydrogen) atoms. The smallest absolute Gasteiger partial charge is 0.120 e. The van der Waals surface area contributed by atoms with Crippen molar-refractivity contribution in [3.63, 3.8) is 0 Å². The van der Waals surface area contributed by atoms with Gasteiger partial charge in [0.15, 0.2) is 0 Å².